The monoisotopic (exact) mass is 263 g/mol. The fourth-order valence-electron chi connectivity index (χ4n) is 1.90. The van der Waals surface area contributed by atoms with E-state index in [9.17, 15) is 4.39 Å². The summed E-state index contributed by atoms with van der Waals surface area (Å²) in [6.07, 6.45) is 0.871. The summed E-state index contributed by atoms with van der Waals surface area (Å²) in [5.41, 5.74) is 1.58. The third kappa shape index (κ3) is 3.02. The zero-order valence-electron chi connectivity index (χ0n) is 10.2. The van der Waals surface area contributed by atoms with Gasteiger partial charge in [0.25, 0.3) is 0 Å². The van der Waals surface area contributed by atoms with Crippen LogP contribution in [0.15, 0.2) is 48.5 Å². The van der Waals surface area contributed by atoms with E-state index < -0.39 is 0 Å². The van der Waals surface area contributed by atoms with Crippen LogP contribution >= 0.6 is 11.6 Å². The highest BCUT2D eigenvalue weighted by molar-refractivity contribution is 6.30. The highest BCUT2D eigenvalue weighted by Gasteiger charge is 2.11. The van der Waals surface area contributed by atoms with Crippen LogP contribution in [0.2, 0.25) is 5.02 Å². The van der Waals surface area contributed by atoms with E-state index in [2.05, 4.69) is 12.2 Å². The lowest BCUT2D eigenvalue weighted by atomic mass is 10.0. The number of benzene rings is 2. The molecule has 0 spiro atoms. The normalized spacial score (nSPS) is 12.2. The molecule has 0 aliphatic rings. The number of hydrogen-bond acceptors (Lipinski definition) is 1. The van der Waals surface area contributed by atoms with Gasteiger partial charge in [0.2, 0.25) is 0 Å². The molecule has 0 amide bonds. The van der Waals surface area contributed by atoms with Crippen molar-refractivity contribution in [3.8, 4) is 0 Å². The van der Waals surface area contributed by atoms with Gasteiger partial charge in [0, 0.05) is 5.02 Å². The molecule has 94 valence electrons. The minimum absolute atomic E-state index is 0.0826. The molecule has 0 bridgehead atoms. The Morgan fingerprint density at radius 3 is 2.56 bits per heavy atom. The van der Waals surface area contributed by atoms with Gasteiger partial charge < -0.3 is 5.32 Å². The van der Waals surface area contributed by atoms with Gasteiger partial charge in [-0.25, -0.2) is 4.39 Å². The molecule has 1 atom stereocenters. The quantitative estimate of drug-likeness (QED) is 0.815. The van der Waals surface area contributed by atoms with Gasteiger partial charge in [-0.3, -0.25) is 0 Å². The van der Waals surface area contributed by atoms with E-state index in [0.717, 1.165) is 12.0 Å². The first kappa shape index (κ1) is 12.9. The molecule has 0 aliphatic carbocycles. The molecule has 0 saturated carbocycles. The SMILES string of the molecule is CCC(Nc1cc(Cl)ccc1F)c1ccccc1. The van der Waals surface area contributed by atoms with Crippen LogP contribution in [0.25, 0.3) is 0 Å². The van der Waals surface area contributed by atoms with E-state index in [1.807, 2.05) is 30.3 Å². The summed E-state index contributed by atoms with van der Waals surface area (Å²) in [7, 11) is 0. The van der Waals surface area contributed by atoms with Gasteiger partial charge in [0.1, 0.15) is 5.82 Å². The molecule has 0 aliphatic heterocycles. The van der Waals surface area contributed by atoms with Crippen molar-refractivity contribution in [2.75, 3.05) is 5.32 Å². The highest BCUT2D eigenvalue weighted by Crippen LogP contribution is 2.26. The molecule has 0 heterocycles. The summed E-state index contributed by atoms with van der Waals surface area (Å²) >= 11 is 5.88. The lowest BCUT2D eigenvalue weighted by Gasteiger charge is -2.19. The summed E-state index contributed by atoms with van der Waals surface area (Å²) in [6.45, 7) is 2.06. The summed E-state index contributed by atoms with van der Waals surface area (Å²) in [5, 5.41) is 3.72. The van der Waals surface area contributed by atoms with Gasteiger partial charge >= 0.3 is 0 Å². The van der Waals surface area contributed by atoms with E-state index in [0.29, 0.717) is 10.7 Å². The van der Waals surface area contributed by atoms with E-state index in [-0.39, 0.29) is 11.9 Å². The van der Waals surface area contributed by atoms with Crippen molar-refractivity contribution < 1.29 is 4.39 Å². The van der Waals surface area contributed by atoms with Crippen LogP contribution in [-0.4, -0.2) is 0 Å². The Bertz CT molecular complexity index is 513. The Labute approximate surface area is 112 Å². The van der Waals surface area contributed by atoms with E-state index >= 15 is 0 Å². The second-order valence-corrected chi connectivity index (χ2v) is 4.58. The van der Waals surface area contributed by atoms with E-state index in [4.69, 9.17) is 11.6 Å². The summed E-state index contributed by atoms with van der Waals surface area (Å²) in [5.74, 6) is -0.284. The largest absolute Gasteiger partial charge is 0.376 e. The van der Waals surface area contributed by atoms with Gasteiger partial charge in [-0.15, -0.1) is 0 Å². The molecule has 0 saturated heterocycles. The zero-order valence-corrected chi connectivity index (χ0v) is 10.9. The fourth-order valence-corrected chi connectivity index (χ4v) is 2.07. The Morgan fingerprint density at radius 1 is 1.17 bits per heavy atom. The topological polar surface area (TPSA) is 12.0 Å². The number of halogens is 2. The van der Waals surface area contributed by atoms with Crippen LogP contribution in [0.5, 0.6) is 0 Å². The lowest BCUT2D eigenvalue weighted by molar-refractivity contribution is 0.624. The minimum atomic E-state index is -0.284. The molecule has 0 radical (unpaired) electrons. The van der Waals surface area contributed by atoms with Crippen LogP contribution in [0.1, 0.15) is 24.9 Å². The maximum absolute atomic E-state index is 13.7. The highest BCUT2D eigenvalue weighted by atomic mass is 35.5. The molecule has 0 aromatic heterocycles. The summed E-state index contributed by atoms with van der Waals surface area (Å²) in [6, 6.07) is 14.6. The average molecular weight is 264 g/mol. The molecule has 1 unspecified atom stereocenters. The Balaban J connectivity index is 2.23. The minimum Gasteiger partial charge on any atom is -0.376 e. The van der Waals surface area contributed by atoms with Crippen molar-refractivity contribution in [1.29, 1.82) is 0 Å². The van der Waals surface area contributed by atoms with Crippen LogP contribution in [-0.2, 0) is 0 Å². The smallest absolute Gasteiger partial charge is 0.146 e. The second-order valence-electron chi connectivity index (χ2n) is 4.14. The van der Waals surface area contributed by atoms with Gasteiger partial charge in [-0.2, -0.15) is 0 Å². The molecule has 3 heteroatoms. The first-order chi connectivity index (χ1) is 8.70. The van der Waals surface area contributed by atoms with E-state index in [1.165, 1.54) is 6.07 Å². The standard InChI is InChI=1S/C15H15ClFN/c1-2-14(11-6-4-3-5-7-11)18-15-10-12(16)8-9-13(15)17/h3-10,14,18H,2H2,1H3. The molecular formula is C15H15ClFN. The molecular weight excluding hydrogens is 249 g/mol. The van der Waals surface area contributed by atoms with Crippen molar-refractivity contribution in [1.82, 2.24) is 0 Å². The van der Waals surface area contributed by atoms with Gasteiger partial charge in [0.15, 0.2) is 0 Å². The first-order valence-corrected chi connectivity index (χ1v) is 6.35. The maximum atomic E-state index is 13.7. The molecule has 18 heavy (non-hydrogen) atoms. The van der Waals surface area contributed by atoms with Crippen molar-refractivity contribution in [2.24, 2.45) is 0 Å². The number of nitrogens with one attached hydrogen (secondary N) is 1. The van der Waals surface area contributed by atoms with Crippen LogP contribution in [0.4, 0.5) is 10.1 Å². The lowest BCUT2D eigenvalue weighted by Crippen LogP contribution is -2.10. The van der Waals surface area contributed by atoms with Crippen LogP contribution in [0, 0.1) is 5.82 Å². The number of anilines is 1. The first-order valence-electron chi connectivity index (χ1n) is 5.97. The third-order valence-electron chi connectivity index (χ3n) is 2.87. The van der Waals surface area contributed by atoms with Crippen molar-refractivity contribution in [2.45, 2.75) is 19.4 Å². The predicted octanol–water partition coefficient (Wildman–Crippen LogP) is 5.04. The van der Waals surface area contributed by atoms with Crippen LogP contribution < -0.4 is 5.32 Å². The Morgan fingerprint density at radius 2 is 1.89 bits per heavy atom. The summed E-state index contributed by atoms with van der Waals surface area (Å²) in [4.78, 5) is 0. The molecule has 0 fully saturated rings. The molecule has 2 aromatic rings. The van der Waals surface area contributed by atoms with Gasteiger partial charge in [-0.05, 0) is 30.2 Å². The summed E-state index contributed by atoms with van der Waals surface area (Å²) < 4.78 is 13.7. The Kier molecular flexibility index (Phi) is 4.21. The molecule has 1 N–H and O–H groups in total. The molecule has 2 aromatic carbocycles. The number of hydrogen-bond donors (Lipinski definition) is 1. The molecule has 1 nitrogen and oxygen atoms in total. The second kappa shape index (κ2) is 5.87. The Hall–Kier alpha value is -1.54. The average Bonchev–Trinajstić information content (AvgIpc) is 2.41. The van der Waals surface area contributed by atoms with Crippen molar-refractivity contribution >= 4 is 17.3 Å². The third-order valence-corrected chi connectivity index (χ3v) is 3.10. The van der Waals surface area contributed by atoms with Gasteiger partial charge in [0.05, 0.1) is 11.7 Å². The van der Waals surface area contributed by atoms with Crippen LogP contribution in [0.3, 0.4) is 0 Å². The zero-order chi connectivity index (χ0) is 13.0. The van der Waals surface area contributed by atoms with Crippen molar-refractivity contribution in [3.05, 3.63) is 64.9 Å². The van der Waals surface area contributed by atoms with E-state index in [1.54, 1.807) is 12.1 Å². The fraction of sp³-hybridized carbons (Fsp3) is 0.200. The van der Waals surface area contributed by atoms with Crippen molar-refractivity contribution in [3.63, 3.8) is 0 Å². The molecule has 2 rings (SSSR count). The predicted molar refractivity (Wildman–Crippen MR) is 74.5 cm³/mol. The number of rotatable bonds is 4. The van der Waals surface area contributed by atoms with Gasteiger partial charge in [-0.1, -0.05) is 48.9 Å². The maximum Gasteiger partial charge on any atom is 0.146 e.